The number of aromatic nitrogens is 3. The SMILES string of the molecule is CC.CCC(c1ccc(-c2ccccc2)nc1)n1ccnc1. The Morgan fingerprint density at radius 3 is 2.36 bits per heavy atom. The average molecular weight is 293 g/mol. The molecule has 22 heavy (non-hydrogen) atoms. The Bertz CT molecular complexity index is 643. The van der Waals surface area contributed by atoms with Gasteiger partial charge in [-0.1, -0.05) is 57.2 Å². The summed E-state index contributed by atoms with van der Waals surface area (Å²) in [5.74, 6) is 0. The zero-order valence-corrected chi connectivity index (χ0v) is 13.5. The summed E-state index contributed by atoms with van der Waals surface area (Å²) in [6.45, 7) is 6.18. The third kappa shape index (κ3) is 3.61. The molecule has 1 atom stereocenters. The number of benzene rings is 1. The van der Waals surface area contributed by atoms with Gasteiger partial charge in [0.05, 0.1) is 18.1 Å². The molecule has 0 N–H and O–H groups in total. The molecular formula is C19H23N3. The molecule has 2 aromatic heterocycles. The summed E-state index contributed by atoms with van der Waals surface area (Å²) in [6, 6.07) is 14.8. The van der Waals surface area contributed by atoms with Crippen LogP contribution in [0.1, 0.15) is 38.8 Å². The van der Waals surface area contributed by atoms with Crippen LogP contribution < -0.4 is 0 Å². The van der Waals surface area contributed by atoms with E-state index in [9.17, 15) is 0 Å². The van der Waals surface area contributed by atoms with Crippen LogP contribution in [-0.4, -0.2) is 14.5 Å². The predicted octanol–water partition coefficient (Wildman–Crippen LogP) is 4.97. The van der Waals surface area contributed by atoms with Crippen molar-refractivity contribution in [1.82, 2.24) is 14.5 Å². The molecule has 0 fully saturated rings. The first-order valence-corrected chi connectivity index (χ1v) is 7.87. The van der Waals surface area contributed by atoms with Gasteiger partial charge in [0.15, 0.2) is 0 Å². The van der Waals surface area contributed by atoms with E-state index in [0.29, 0.717) is 6.04 Å². The lowest BCUT2D eigenvalue weighted by Crippen LogP contribution is -2.07. The van der Waals surface area contributed by atoms with E-state index in [1.165, 1.54) is 5.56 Å². The highest BCUT2D eigenvalue weighted by molar-refractivity contribution is 5.58. The molecule has 3 nitrogen and oxygen atoms in total. The standard InChI is InChI=1S/C17H17N3.C2H6/c1-2-17(20-11-10-18-13-20)15-8-9-16(19-12-15)14-6-4-3-5-7-14;1-2/h3-13,17H,2H2,1H3;1-2H3. The fourth-order valence-electron chi connectivity index (χ4n) is 2.45. The van der Waals surface area contributed by atoms with Crippen LogP contribution in [0.3, 0.4) is 0 Å². The van der Waals surface area contributed by atoms with Crippen LogP contribution in [-0.2, 0) is 0 Å². The first-order chi connectivity index (χ1) is 10.9. The molecule has 3 rings (SSSR count). The molecule has 2 heterocycles. The van der Waals surface area contributed by atoms with E-state index in [0.717, 1.165) is 17.7 Å². The number of pyridine rings is 1. The predicted molar refractivity (Wildman–Crippen MR) is 91.7 cm³/mol. The van der Waals surface area contributed by atoms with Crippen molar-refractivity contribution in [3.05, 3.63) is 72.9 Å². The van der Waals surface area contributed by atoms with Crippen LogP contribution in [0.25, 0.3) is 11.3 Å². The molecule has 0 radical (unpaired) electrons. The van der Waals surface area contributed by atoms with Crippen LogP contribution in [0.2, 0.25) is 0 Å². The molecule has 0 bridgehead atoms. The maximum atomic E-state index is 4.59. The van der Waals surface area contributed by atoms with Gasteiger partial charge >= 0.3 is 0 Å². The van der Waals surface area contributed by atoms with Gasteiger partial charge in [0.25, 0.3) is 0 Å². The summed E-state index contributed by atoms with van der Waals surface area (Å²) in [5, 5.41) is 0. The van der Waals surface area contributed by atoms with Gasteiger partial charge in [0, 0.05) is 24.2 Å². The van der Waals surface area contributed by atoms with E-state index in [-0.39, 0.29) is 0 Å². The highest BCUT2D eigenvalue weighted by Crippen LogP contribution is 2.23. The van der Waals surface area contributed by atoms with E-state index >= 15 is 0 Å². The monoisotopic (exact) mass is 293 g/mol. The maximum Gasteiger partial charge on any atom is 0.0951 e. The third-order valence-electron chi connectivity index (χ3n) is 3.51. The number of imidazole rings is 1. The van der Waals surface area contributed by atoms with Crippen LogP contribution in [0.15, 0.2) is 67.4 Å². The molecular weight excluding hydrogens is 270 g/mol. The van der Waals surface area contributed by atoms with Crippen LogP contribution in [0, 0.1) is 0 Å². The van der Waals surface area contributed by atoms with Gasteiger partial charge < -0.3 is 4.57 Å². The zero-order chi connectivity index (χ0) is 15.8. The quantitative estimate of drug-likeness (QED) is 0.680. The first kappa shape index (κ1) is 16.0. The largest absolute Gasteiger partial charge is 0.330 e. The fourth-order valence-corrected chi connectivity index (χ4v) is 2.45. The maximum absolute atomic E-state index is 4.59. The summed E-state index contributed by atoms with van der Waals surface area (Å²) in [7, 11) is 0. The molecule has 0 amide bonds. The van der Waals surface area contributed by atoms with E-state index in [4.69, 9.17) is 0 Å². The number of hydrogen-bond donors (Lipinski definition) is 0. The second-order valence-electron chi connectivity index (χ2n) is 4.78. The Balaban J connectivity index is 0.000000847. The van der Waals surface area contributed by atoms with Crippen LogP contribution >= 0.6 is 0 Å². The lowest BCUT2D eigenvalue weighted by Gasteiger charge is -2.16. The minimum absolute atomic E-state index is 0.301. The van der Waals surface area contributed by atoms with Crippen molar-refractivity contribution in [3.8, 4) is 11.3 Å². The molecule has 1 unspecified atom stereocenters. The molecule has 0 aliphatic carbocycles. The molecule has 0 aliphatic heterocycles. The van der Waals surface area contributed by atoms with Gasteiger partial charge in [-0.2, -0.15) is 0 Å². The lowest BCUT2D eigenvalue weighted by molar-refractivity contribution is 0.564. The van der Waals surface area contributed by atoms with Gasteiger partial charge in [-0.05, 0) is 18.1 Å². The molecule has 3 heteroatoms. The van der Waals surface area contributed by atoms with Gasteiger partial charge in [-0.15, -0.1) is 0 Å². The number of nitrogens with zero attached hydrogens (tertiary/aromatic N) is 3. The zero-order valence-electron chi connectivity index (χ0n) is 13.5. The van der Waals surface area contributed by atoms with Crippen molar-refractivity contribution in [2.45, 2.75) is 33.2 Å². The Morgan fingerprint density at radius 2 is 1.82 bits per heavy atom. The van der Waals surface area contributed by atoms with Gasteiger partial charge in [0.2, 0.25) is 0 Å². The van der Waals surface area contributed by atoms with E-state index in [1.807, 2.05) is 57.0 Å². The topological polar surface area (TPSA) is 30.7 Å². The lowest BCUT2D eigenvalue weighted by atomic mass is 10.0. The van der Waals surface area contributed by atoms with Crippen LogP contribution in [0.4, 0.5) is 0 Å². The van der Waals surface area contributed by atoms with Crippen molar-refractivity contribution in [2.75, 3.05) is 0 Å². The highest BCUT2D eigenvalue weighted by atomic mass is 15.0. The second-order valence-corrected chi connectivity index (χ2v) is 4.78. The Morgan fingerprint density at radius 1 is 1.05 bits per heavy atom. The van der Waals surface area contributed by atoms with E-state index < -0.39 is 0 Å². The van der Waals surface area contributed by atoms with Crippen molar-refractivity contribution < 1.29 is 0 Å². The van der Waals surface area contributed by atoms with Gasteiger partial charge in [0.1, 0.15) is 0 Å². The number of hydrogen-bond acceptors (Lipinski definition) is 2. The minimum Gasteiger partial charge on any atom is -0.330 e. The third-order valence-corrected chi connectivity index (χ3v) is 3.51. The van der Waals surface area contributed by atoms with Crippen LogP contribution in [0.5, 0.6) is 0 Å². The first-order valence-electron chi connectivity index (χ1n) is 7.87. The fraction of sp³-hybridized carbons (Fsp3) is 0.263. The molecule has 3 aromatic rings. The summed E-state index contributed by atoms with van der Waals surface area (Å²) in [5.41, 5.74) is 3.37. The van der Waals surface area contributed by atoms with E-state index in [2.05, 4.69) is 45.7 Å². The Labute approximate surface area is 132 Å². The molecule has 1 aromatic carbocycles. The normalized spacial score (nSPS) is 11.4. The minimum atomic E-state index is 0.301. The Hall–Kier alpha value is -2.42. The summed E-state index contributed by atoms with van der Waals surface area (Å²) in [6.07, 6.45) is 8.66. The summed E-state index contributed by atoms with van der Waals surface area (Å²) >= 11 is 0. The summed E-state index contributed by atoms with van der Waals surface area (Å²) < 4.78 is 2.12. The summed E-state index contributed by atoms with van der Waals surface area (Å²) in [4.78, 5) is 8.72. The van der Waals surface area contributed by atoms with Crippen molar-refractivity contribution in [1.29, 1.82) is 0 Å². The Kier molecular flexibility index (Phi) is 5.90. The van der Waals surface area contributed by atoms with Crippen molar-refractivity contribution in [3.63, 3.8) is 0 Å². The molecule has 0 spiro atoms. The molecule has 0 saturated carbocycles. The van der Waals surface area contributed by atoms with Crippen molar-refractivity contribution in [2.24, 2.45) is 0 Å². The number of rotatable bonds is 4. The average Bonchev–Trinajstić information content (AvgIpc) is 3.13. The highest BCUT2D eigenvalue weighted by Gasteiger charge is 2.11. The van der Waals surface area contributed by atoms with Gasteiger partial charge in [-0.25, -0.2) is 4.98 Å². The molecule has 114 valence electrons. The second kappa shape index (κ2) is 8.13. The smallest absolute Gasteiger partial charge is 0.0951 e. The molecule has 0 saturated heterocycles. The van der Waals surface area contributed by atoms with Crippen molar-refractivity contribution >= 4 is 0 Å². The van der Waals surface area contributed by atoms with Gasteiger partial charge in [-0.3, -0.25) is 4.98 Å². The molecule has 0 aliphatic rings. The van der Waals surface area contributed by atoms with E-state index in [1.54, 1.807) is 0 Å².